The van der Waals surface area contributed by atoms with Gasteiger partial charge in [-0.15, -0.1) is 0 Å². The Bertz CT molecular complexity index is 1440. The number of hydrogen-bond donors (Lipinski definition) is 1. The van der Waals surface area contributed by atoms with Gasteiger partial charge in [-0.1, -0.05) is 34.1 Å². The highest BCUT2D eigenvalue weighted by Gasteiger charge is 2.31. The van der Waals surface area contributed by atoms with Crippen LogP contribution in [0.1, 0.15) is 12.0 Å². The van der Waals surface area contributed by atoms with Gasteiger partial charge in [-0.2, -0.15) is 18.3 Å². The summed E-state index contributed by atoms with van der Waals surface area (Å²) in [6.45, 7) is 0. The van der Waals surface area contributed by atoms with Crippen LogP contribution in [0.3, 0.4) is 0 Å². The molecule has 0 radical (unpaired) electrons. The predicted octanol–water partition coefficient (Wildman–Crippen LogP) is 6.83. The largest absolute Gasteiger partial charge is 0.417 e. The quantitative estimate of drug-likeness (QED) is 0.294. The lowest BCUT2D eigenvalue weighted by Crippen LogP contribution is -2.08. The summed E-state index contributed by atoms with van der Waals surface area (Å²) in [5, 5.41) is 7.46. The number of allylic oxidation sites excluding steroid dienone is 3. The standard InChI is InChI=1S/C24H16BrF4N5/c25-16-4-1-3-14(11-16)22-21(20-8-7-15(24(27,28)29)13-34(20)33-22)19-9-10-30-23(32-19)31-18-6-2-5-17(26)12-18/h1-4,6-13,17H,5H2,(H,30,31,32). The number of aromatic nitrogens is 4. The average molecular weight is 530 g/mol. The van der Waals surface area contributed by atoms with E-state index in [-0.39, 0.29) is 5.95 Å². The molecule has 0 amide bonds. The molecule has 0 fully saturated rings. The molecule has 5 nitrogen and oxygen atoms in total. The van der Waals surface area contributed by atoms with E-state index in [1.807, 2.05) is 24.3 Å². The Kier molecular flexibility index (Phi) is 5.68. The third-order valence-electron chi connectivity index (χ3n) is 5.24. The molecule has 10 heteroatoms. The Morgan fingerprint density at radius 1 is 1.12 bits per heavy atom. The van der Waals surface area contributed by atoms with Gasteiger partial charge in [0.15, 0.2) is 0 Å². The van der Waals surface area contributed by atoms with Crippen molar-refractivity contribution in [2.45, 2.75) is 18.8 Å². The van der Waals surface area contributed by atoms with E-state index in [0.29, 0.717) is 40.1 Å². The molecule has 0 aliphatic heterocycles. The molecule has 1 unspecified atom stereocenters. The van der Waals surface area contributed by atoms with Crippen molar-refractivity contribution in [3.05, 3.63) is 88.8 Å². The van der Waals surface area contributed by atoms with Crippen molar-refractivity contribution in [2.24, 2.45) is 0 Å². The molecule has 5 rings (SSSR count). The molecule has 4 aromatic rings. The van der Waals surface area contributed by atoms with Gasteiger partial charge < -0.3 is 5.32 Å². The molecule has 0 saturated heterocycles. The zero-order valence-electron chi connectivity index (χ0n) is 17.4. The first-order chi connectivity index (χ1) is 16.3. The van der Waals surface area contributed by atoms with Crippen LogP contribution in [0, 0.1) is 0 Å². The second-order valence-electron chi connectivity index (χ2n) is 7.65. The van der Waals surface area contributed by atoms with Crippen molar-refractivity contribution in [3.8, 4) is 22.5 Å². The minimum atomic E-state index is -4.50. The zero-order valence-corrected chi connectivity index (χ0v) is 19.0. The molecule has 1 N–H and O–H groups in total. The van der Waals surface area contributed by atoms with E-state index >= 15 is 0 Å². The maximum absolute atomic E-state index is 13.7. The van der Waals surface area contributed by atoms with Gasteiger partial charge in [0.2, 0.25) is 5.95 Å². The maximum atomic E-state index is 13.7. The number of rotatable bonds is 4. The van der Waals surface area contributed by atoms with Crippen molar-refractivity contribution in [3.63, 3.8) is 0 Å². The Morgan fingerprint density at radius 2 is 1.97 bits per heavy atom. The molecule has 1 aromatic carbocycles. The van der Waals surface area contributed by atoms with Crippen molar-refractivity contribution >= 4 is 27.4 Å². The number of halogens is 5. The number of anilines is 1. The van der Waals surface area contributed by atoms with E-state index in [1.165, 1.54) is 22.9 Å². The van der Waals surface area contributed by atoms with Gasteiger partial charge in [-0.25, -0.2) is 18.9 Å². The molecule has 172 valence electrons. The van der Waals surface area contributed by atoms with Crippen LogP contribution in [0.25, 0.3) is 28.0 Å². The maximum Gasteiger partial charge on any atom is 0.417 e. The smallest absolute Gasteiger partial charge is 0.324 e. The Morgan fingerprint density at radius 3 is 2.74 bits per heavy atom. The van der Waals surface area contributed by atoms with Gasteiger partial charge in [-0.05, 0) is 42.5 Å². The minimum Gasteiger partial charge on any atom is -0.324 e. The molecule has 1 aliphatic rings. The van der Waals surface area contributed by atoms with Crippen molar-refractivity contribution in [1.82, 2.24) is 19.6 Å². The molecule has 0 bridgehead atoms. The highest BCUT2D eigenvalue weighted by atomic mass is 79.9. The SMILES string of the molecule is FC1C=C(Nc2nccc(-c3c(-c4cccc(Br)c4)nn4cc(C(F)(F)F)ccc34)n2)C=CC1. The number of pyridine rings is 1. The van der Waals surface area contributed by atoms with Crippen molar-refractivity contribution in [1.29, 1.82) is 0 Å². The molecular weight excluding hydrogens is 514 g/mol. The molecular formula is C24H16BrF4N5. The lowest BCUT2D eigenvalue weighted by atomic mass is 10.0. The average Bonchev–Trinajstić information content (AvgIpc) is 3.18. The third-order valence-corrected chi connectivity index (χ3v) is 5.74. The summed E-state index contributed by atoms with van der Waals surface area (Å²) in [4.78, 5) is 8.77. The van der Waals surface area contributed by atoms with Crippen LogP contribution in [0.2, 0.25) is 0 Å². The van der Waals surface area contributed by atoms with Crippen molar-refractivity contribution < 1.29 is 17.6 Å². The monoisotopic (exact) mass is 529 g/mol. The van der Waals surface area contributed by atoms with Crippen LogP contribution in [0.4, 0.5) is 23.5 Å². The topological polar surface area (TPSA) is 55.1 Å². The zero-order chi connectivity index (χ0) is 23.9. The lowest BCUT2D eigenvalue weighted by Gasteiger charge is -2.12. The van der Waals surface area contributed by atoms with Crippen LogP contribution in [0.5, 0.6) is 0 Å². The second-order valence-corrected chi connectivity index (χ2v) is 8.56. The summed E-state index contributed by atoms with van der Waals surface area (Å²) in [7, 11) is 0. The number of benzene rings is 1. The van der Waals surface area contributed by atoms with E-state index in [4.69, 9.17) is 0 Å². The molecule has 1 atom stereocenters. The first-order valence-corrected chi connectivity index (χ1v) is 11.1. The van der Waals surface area contributed by atoms with E-state index in [0.717, 1.165) is 16.7 Å². The molecule has 3 heterocycles. The normalized spacial score (nSPS) is 16.0. The van der Waals surface area contributed by atoms with Crippen LogP contribution in [-0.4, -0.2) is 25.8 Å². The number of nitrogens with one attached hydrogen (secondary N) is 1. The fourth-order valence-corrected chi connectivity index (χ4v) is 4.12. The van der Waals surface area contributed by atoms with Crippen LogP contribution < -0.4 is 5.32 Å². The lowest BCUT2D eigenvalue weighted by molar-refractivity contribution is -0.137. The van der Waals surface area contributed by atoms with Crippen LogP contribution in [0.15, 0.2) is 83.3 Å². The number of fused-ring (bicyclic) bond motifs is 1. The van der Waals surface area contributed by atoms with E-state index < -0.39 is 17.9 Å². The summed E-state index contributed by atoms with van der Waals surface area (Å²) >= 11 is 3.43. The Hall–Kier alpha value is -3.53. The van der Waals surface area contributed by atoms with Crippen LogP contribution >= 0.6 is 15.9 Å². The van der Waals surface area contributed by atoms with Gasteiger partial charge in [0.25, 0.3) is 0 Å². The summed E-state index contributed by atoms with van der Waals surface area (Å²) in [5.74, 6) is 0.231. The minimum absolute atomic E-state index is 0.231. The first-order valence-electron chi connectivity index (χ1n) is 10.3. The number of nitrogens with zero attached hydrogens (tertiary/aromatic N) is 4. The molecule has 0 spiro atoms. The molecule has 3 aromatic heterocycles. The molecule has 34 heavy (non-hydrogen) atoms. The first kappa shape index (κ1) is 22.3. The predicted molar refractivity (Wildman–Crippen MR) is 125 cm³/mol. The summed E-state index contributed by atoms with van der Waals surface area (Å²) in [6.07, 6.45) is 2.10. The highest BCUT2D eigenvalue weighted by Crippen LogP contribution is 2.37. The fraction of sp³-hybridized carbons (Fsp3) is 0.125. The Balaban J connectivity index is 1.66. The van der Waals surface area contributed by atoms with Crippen LogP contribution in [-0.2, 0) is 6.18 Å². The number of hydrogen-bond acceptors (Lipinski definition) is 4. The second kappa shape index (κ2) is 8.68. The van der Waals surface area contributed by atoms with E-state index in [9.17, 15) is 17.6 Å². The highest BCUT2D eigenvalue weighted by molar-refractivity contribution is 9.10. The van der Waals surface area contributed by atoms with Crippen molar-refractivity contribution in [2.75, 3.05) is 5.32 Å². The number of alkyl halides is 4. The van der Waals surface area contributed by atoms with E-state index in [1.54, 1.807) is 18.2 Å². The fourth-order valence-electron chi connectivity index (χ4n) is 3.72. The third kappa shape index (κ3) is 4.45. The molecule has 0 saturated carbocycles. The van der Waals surface area contributed by atoms with Gasteiger partial charge in [-0.3, -0.25) is 0 Å². The van der Waals surface area contributed by atoms with Gasteiger partial charge in [0.05, 0.1) is 22.3 Å². The van der Waals surface area contributed by atoms with Gasteiger partial charge in [0.1, 0.15) is 11.9 Å². The Labute approximate surface area is 200 Å². The molecule has 1 aliphatic carbocycles. The van der Waals surface area contributed by atoms with Gasteiger partial charge >= 0.3 is 6.18 Å². The van der Waals surface area contributed by atoms with E-state index in [2.05, 4.69) is 36.3 Å². The summed E-state index contributed by atoms with van der Waals surface area (Å²) < 4.78 is 55.6. The van der Waals surface area contributed by atoms with Gasteiger partial charge in [0, 0.05) is 34.5 Å². The summed E-state index contributed by atoms with van der Waals surface area (Å²) in [6, 6.07) is 11.4. The summed E-state index contributed by atoms with van der Waals surface area (Å²) in [5.41, 5.74) is 2.34.